The van der Waals surface area contributed by atoms with E-state index in [9.17, 15) is 0 Å². The van der Waals surface area contributed by atoms with Crippen molar-refractivity contribution in [1.29, 1.82) is 0 Å². The Labute approximate surface area is 125 Å². The summed E-state index contributed by atoms with van der Waals surface area (Å²) in [4.78, 5) is 11.4. The number of hydrogen-bond acceptors (Lipinski definition) is 5. The van der Waals surface area contributed by atoms with Gasteiger partial charge in [-0.2, -0.15) is 4.98 Å². The van der Waals surface area contributed by atoms with Crippen LogP contribution in [0.3, 0.4) is 0 Å². The Morgan fingerprint density at radius 1 is 1.19 bits per heavy atom. The average Bonchev–Trinajstić information content (AvgIpc) is 3.01. The number of hydrogen-bond donors (Lipinski definition) is 1. The van der Waals surface area contributed by atoms with Crippen LogP contribution < -0.4 is 10.1 Å². The maximum Gasteiger partial charge on any atom is 0.226 e. The molecule has 1 aromatic heterocycles. The Balaban J connectivity index is 1.75. The molecule has 0 bridgehead atoms. The fourth-order valence-corrected chi connectivity index (χ4v) is 2.67. The first-order chi connectivity index (χ1) is 10.4. The summed E-state index contributed by atoms with van der Waals surface area (Å²) in [6.45, 7) is 6.85. The van der Waals surface area contributed by atoms with Crippen molar-refractivity contribution in [1.82, 2.24) is 14.9 Å². The molecule has 1 fully saturated rings. The average molecular weight is 286 g/mol. The van der Waals surface area contributed by atoms with Crippen molar-refractivity contribution in [2.75, 3.05) is 38.1 Å². The summed E-state index contributed by atoms with van der Waals surface area (Å²) in [5.74, 6) is 1.31. The van der Waals surface area contributed by atoms with Gasteiger partial charge in [-0.3, -0.25) is 4.90 Å². The lowest BCUT2D eigenvalue weighted by molar-refractivity contribution is 0.234. The Morgan fingerprint density at radius 2 is 2.00 bits per heavy atom. The number of nitrogens with zero attached hydrogens (tertiary/aromatic N) is 3. The number of anilines is 1. The molecule has 0 unspecified atom stereocenters. The summed E-state index contributed by atoms with van der Waals surface area (Å²) in [5.41, 5.74) is 0.916. The number of aromatic nitrogens is 2. The molecule has 112 valence electrons. The molecular formula is C16H22N4O. The molecule has 0 aliphatic carbocycles. The topological polar surface area (TPSA) is 50.3 Å². The Hall–Kier alpha value is -1.88. The minimum absolute atomic E-state index is 0.632. The van der Waals surface area contributed by atoms with Gasteiger partial charge >= 0.3 is 0 Å². The lowest BCUT2D eigenvalue weighted by Crippen LogP contribution is -2.25. The van der Waals surface area contributed by atoms with Crippen LogP contribution in [0.5, 0.6) is 5.88 Å². The highest BCUT2D eigenvalue weighted by Gasteiger charge is 2.12. The van der Waals surface area contributed by atoms with Gasteiger partial charge in [-0.15, -0.1) is 0 Å². The summed E-state index contributed by atoms with van der Waals surface area (Å²) in [5, 5.41) is 4.13. The molecule has 5 nitrogen and oxygen atoms in total. The number of fused-ring (bicyclic) bond motifs is 1. The van der Waals surface area contributed by atoms with Crippen LogP contribution in [0.1, 0.15) is 19.8 Å². The van der Waals surface area contributed by atoms with E-state index in [0.29, 0.717) is 18.4 Å². The molecule has 1 aliphatic heterocycles. The molecule has 3 rings (SSSR count). The predicted molar refractivity (Wildman–Crippen MR) is 84.9 cm³/mol. The molecule has 0 amide bonds. The number of rotatable bonds is 6. The van der Waals surface area contributed by atoms with Gasteiger partial charge in [0.25, 0.3) is 0 Å². The predicted octanol–water partition coefficient (Wildman–Crippen LogP) is 2.54. The summed E-state index contributed by atoms with van der Waals surface area (Å²) in [7, 11) is 0. The van der Waals surface area contributed by atoms with Gasteiger partial charge in [0, 0.05) is 13.1 Å². The zero-order valence-corrected chi connectivity index (χ0v) is 12.5. The van der Waals surface area contributed by atoms with E-state index in [0.717, 1.165) is 24.0 Å². The number of likely N-dealkylation sites (tertiary alicyclic amines) is 1. The highest BCUT2D eigenvalue weighted by molar-refractivity contribution is 5.84. The Bertz CT molecular complexity index is 596. The quantitative estimate of drug-likeness (QED) is 0.884. The van der Waals surface area contributed by atoms with Gasteiger partial charge in [-0.25, -0.2) is 4.98 Å². The van der Waals surface area contributed by atoms with Crippen LogP contribution in [0.4, 0.5) is 5.95 Å². The summed E-state index contributed by atoms with van der Waals surface area (Å²) >= 11 is 0. The zero-order valence-electron chi connectivity index (χ0n) is 12.5. The molecule has 21 heavy (non-hydrogen) atoms. The number of nitrogens with one attached hydrogen (secondary N) is 1. The third-order valence-corrected chi connectivity index (χ3v) is 3.75. The summed E-state index contributed by atoms with van der Waals surface area (Å²) in [6, 6.07) is 7.98. The second-order valence-electron chi connectivity index (χ2n) is 5.30. The molecule has 5 heteroatoms. The molecule has 1 aliphatic rings. The first kappa shape index (κ1) is 14.1. The first-order valence-corrected chi connectivity index (χ1v) is 7.72. The second-order valence-corrected chi connectivity index (χ2v) is 5.30. The zero-order chi connectivity index (χ0) is 14.5. The van der Waals surface area contributed by atoms with Gasteiger partial charge in [0.2, 0.25) is 11.8 Å². The van der Waals surface area contributed by atoms with E-state index >= 15 is 0 Å². The van der Waals surface area contributed by atoms with Gasteiger partial charge in [0.15, 0.2) is 0 Å². The number of para-hydroxylation sites is 1. The van der Waals surface area contributed by atoms with Crippen LogP contribution in [-0.2, 0) is 0 Å². The molecule has 2 heterocycles. The largest absolute Gasteiger partial charge is 0.476 e. The normalized spacial score (nSPS) is 15.5. The molecule has 1 aromatic carbocycles. The maximum absolute atomic E-state index is 5.94. The highest BCUT2D eigenvalue weighted by Crippen LogP contribution is 2.23. The smallest absolute Gasteiger partial charge is 0.226 e. The molecule has 1 saturated heterocycles. The minimum atomic E-state index is 0.632. The van der Waals surface area contributed by atoms with Crippen molar-refractivity contribution >= 4 is 16.9 Å². The standard InChI is InChI=1S/C16H22N4O/c1-2-17-16-18-14-8-4-3-7-13(14)15(19-16)21-12-11-20-9-5-6-10-20/h3-4,7-8H,2,5-6,9-12H2,1H3,(H,17,18,19). The van der Waals surface area contributed by atoms with Crippen molar-refractivity contribution < 1.29 is 4.74 Å². The van der Waals surface area contributed by atoms with Crippen LogP contribution in [0.25, 0.3) is 10.9 Å². The molecule has 0 atom stereocenters. The van der Waals surface area contributed by atoms with Gasteiger partial charge in [0.1, 0.15) is 6.61 Å². The van der Waals surface area contributed by atoms with E-state index in [1.54, 1.807) is 0 Å². The van der Waals surface area contributed by atoms with Crippen molar-refractivity contribution in [2.24, 2.45) is 0 Å². The van der Waals surface area contributed by atoms with E-state index in [1.165, 1.54) is 25.9 Å². The van der Waals surface area contributed by atoms with Gasteiger partial charge in [0.05, 0.1) is 10.9 Å². The maximum atomic E-state index is 5.94. The van der Waals surface area contributed by atoms with E-state index < -0.39 is 0 Å². The highest BCUT2D eigenvalue weighted by atomic mass is 16.5. The van der Waals surface area contributed by atoms with Gasteiger partial charge < -0.3 is 10.1 Å². The Kier molecular flexibility index (Phi) is 4.50. The molecule has 1 N–H and O–H groups in total. The van der Waals surface area contributed by atoms with E-state index in [4.69, 9.17) is 4.74 Å². The third kappa shape index (κ3) is 3.42. The van der Waals surface area contributed by atoms with Crippen molar-refractivity contribution in [2.45, 2.75) is 19.8 Å². The van der Waals surface area contributed by atoms with Gasteiger partial charge in [-0.1, -0.05) is 12.1 Å². The van der Waals surface area contributed by atoms with Gasteiger partial charge in [-0.05, 0) is 45.0 Å². The summed E-state index contributed by atoms with van der Waals surface area (Å²) < 4.78 is 5.94. The summed E-state index contributed by atoms with van der Waals surface area (Å²) in [6.07, 6.45) is 2.61. The SMILES string of the molecule is CCNc1nc(OCCN2CCCC2)c2ccccc2n1. The molecule has 0 spiro atoms. The van der Waals surface area contributed by atoms with Crippen LogP contribution in [0.15, 0.2) is 24.3 Å². The fraction of sp³-hybridized carbons (Fsp3) is 0.500. The molecule has 2 aromatic rings. The first-order valence-electron chi connectivity index (χ1n) is 7.72. The Morgan fingerprint density at radius 3 is 2.81 bits per heavy atom. The van der Waals surface area contributed by atoms with Crippen molar-refractivity contribution in [3.63, 3.8) is 0 Å². The third-order valence-electron chi connectivity index (χ3n) is 3.75. The lowest BCUT2D eigenvalue weighted by atomic mass is 10.2. The van der Waals surface area contributed by atoms with E-state index in [1.807, 2.05) is 31.2 Å². The van der Waals surface area contributed by atoms with E-state index in [2.05, 4.69) is 20.2 Å². The minimum Gasteiger partial charge on any atom is -0.476 e. The van der Waals surface area contributed by atoms with Crippen LogP contribution in [0.2, 0.25) is 0 Å². The van der Waals surface area contributed by atoms with Crippen LogP contribution in [0, 0.1) is 0 Å². The van der Waals surface area contributed by atoms with Crippen molar-refractivity contribution in [3.05, 3.63) is 24.3 Å². The molecule has 0 radical (unpaired) electrons. The van der Waals surface area contributed by atoms with Crippen LogP contribution in [-0.4, -0.2) is 47.7 Å². The lowest BCUT2D eigenvalue weighted by Gasteiger charge is -2.15. The van der Waals surface area contributed by atoms with E-state index in [-0.39, 0.29) is 0 Å². The second kappa shape index (κ2) is 6.72. The molecular weight excluding hydrogens is 264 g/mol. The molecule has 0 saturated carbocycles. The fourth-order valence-electron chi connectivity index (χ4n) is 2.67. The monoisotopic (exact) mass is 286 g/mol. The number of ether oxygens (including phenoxy) is 1. The van der Waals surface area contributed by atoms with Crippen LogP contribution >= 0.6 is 0 Å². The number of benzene rings is 1. The van der Waals surface area contributed by atoms with Crippen molar-refractivity contribution in [3.8, 4) is 5.88 Å².